The number of nitrogens with zero attached hydrogens (tertiary/aromatic N) is 1. The van der Waals surface area contributed by atoms with Gasteiger partial charge in [-0.15, -0.1) is 0 Å². The monoisotopic (exact) mass is 213 g/mol. The molecule has 1 rings (SSSR count). The van der Waals surface area contributed by atoms with Crippen LogP contribution in [0, 0.1) is 0 Å². The van der Waals surface area contributed by atoms with Gasteiger partial charge < -0.3 is 4.74 Å². The molecule has 3 heteroatoms. The van der Waals surface area contributed by atoms with E-state index in [1.807, 2.05) is 6.07 Å². The second-order valence-corrected chi connectivity index (χ2v) is 3.66. The van der Waals surface area contributed by atoms with E-state index in [2.05, 4.69) is 11.9 Å². The third kappa shape index (κ3) is 4.58. The summed E-state index contributed by atoms with van der Waals surface area (Å²) < 4.78 is 5.46. The summed E-state index contributed by atoms with van der Waals surface area (Å²) in [6.07, 6.45) is 5.27. The van der Waals surface area contributed by atoms with Gasteiger partial charge in [-0.05, 0) is 18.6 Å². The lowest BCUT2D eigenvalue weighted by atomic mass is 10.3. The first-order chi connectivity index (χ1) is 6.83. The first kappa shape index (κ1) is 11.5. The quantitative estimate of drug-likeness (QED) is 0.676. The molecule has 0 amide bonds. The van der Waals surface area contributed by atoms with Gasteiger partial charge in [-0.2, -0.15) is 0 Å². The van der Waals surface area contributed by atoms with E-state index in [1.54, 1.807) is 12.3 Å². The van der Waals surface area contributed by atoms with Gasteiger partial charge >= 0.3 is 0 Å². The first-order valence-corrected chi connectivity index (χ1v) is 5.39. The predicted molar refractivity (Wildman–Crippen MR) is 58.4 cm³/mol. The van der Waals surface area contributed by atoms with E-state index in [0.717, 1.165) is 18.7 Å². The standard InChI is InChI=1S/C11H16ClNO/c1-2-3-4-7-14-9-11-8-10(12)5-6-13-11/h5-6,8H,2-4,7,9H2,1H3. The molecule has 0 saturated carbocycles. The molecule has 0 spiro atoms. The number of ether oxygens (including phenoxy) is 1. The third-order valence-corrected chi connectivity index (χ3v) is 2.16. The van der Waals surface area contributed by atoms with Crippen LogP contribution in [0.5, 0.6) is 0 Å². The summed E-state index contributed by atoms with van der Waals surface area (Å²) in [6, 6.07) is 3.60. The molecule has 0 aliphatic carbocycles. The smallest absolute Gasteiger partial charge is 0.0888 e. The van der Waals surface area contributed by atoms with Gasteiger partial charge in [0, 0.05) is 17.8 Å². The summed E-state index contributed by atoms with van der Waals surface area (Å²) in [5.41, 5.74) is 0.897. The molecule has 0 unspecified atom stereocenters. The molecule has 0 bridgehead atoms. The van der Waals surface area contributed by atoms with Crippen LogP contribution >= 0.6 is 11.6 Å². The van der Waals surface area contributed by atoms with E-state index in [1.165, 1.54) is 12.8 Å². The molecular weight excluding hydrogens is 198 g/mol. The van der Waals surface area contributed by atoms with Crippen molar-refractivity contribution in [1.29, 1.82) is 0 Å². The number of rotatable bonds is 6. The number of halogens is 1. The van der Waals surface area contributed by atoms with Crippen LogP contribution in [-0.2, 0) is 11.3 Å². The fraction of sp³-hybridized carbons (Fsp3) is 0.545. The van der Waals surface area contributed by atoms with Crippen molar-refractivity contribution >= 4 is 11.6 Å². The van der Waals surface area contributed by atoms with Crippen LogP contribution in [0.3, 0.4) is 0 Å². The van der Waals surface area contributed by atoms with Gasteiger partial charge in [0.2, 0.25) is 0 Å². The van der Waals surface area contributed by atoms with Crippen molar-refractivity contribution < 1.29 is 4.74 Å². The Balaban J connectivity index is 2.18. The Morgan fingerprint density at radius 3 is 3.00 bits per heavy atom. The number of unbranched alkanes of at least 4 members (excludes halogenated alkanes) is 2. The number of hydrogen-bond donors (Lipinski definition) is 0. The molecule has 0 aliphatic rings. The van der Waals surface area contributed by atoms with Crippen LogP contribution in [0.15, 0.2) is 18.3 Å². The highest BCUT2D eigenvalue weighted by Gasteiger charge is 1.95. The van der Waals surface area contributed by atoms with Crippen molar-refractivity contribution in [3.63, 3.8) is 0 Å². The Morgan fingerprint density at radius 2 is 2.29 bits per heavy atom. The Kier molecular flexibility index (Phi) is 5.57. The average Bonchev–Trinajstić information content (AvgIpc) is 2.18. The maximum absolute atomic E-state index is 5.81. The summed E-state index contributed by atoms with van der Waals surface area (Å²) in [7, 11) is 0. The maximum Gasteiger partial charge on any atom is 0.0888 e. The van der Waals surface area contributed by atoms with Crippen molar-refractivity contribution in [2.75, 3.05) is 6.61 Å². The summed E-state index contributed by atoms with van der Waals surface area (Å²) >= 11 is 5.81. The van der Waals surface area contributed by atoms with E-state index in [0.29, 0.717) is 11.6 Å². The molecule has 78 valence electrons. The highest BCUT2D eigenvalue weighted by atomic mass is 35.5. The van der Waals surface area contributed by atoms with Gasteiger partial charge in [0.25, 0.3) is 0 Å². The van der Waals surface area contributed by atoms with E-state index >= 15 is 0 Å². The average molecular weight is 214 g/mol. The van der Waals surface area contributed by atoms with E-state index in [9.17, 15) is 0 Å². The number of aromatic nitrogens is 1. The molecule has 2 nitrogen and oxygen atoms in total. The van der Waals surface area contributed by atoms with Crippen LogP contribution in [0.2, 0.25) is 5.02 Å². The summed E-state index contributed by atoms with van der Waals surface area (Å²) in [5.74, 6) is 0. The van der Waals surface area contributed by atoms with Gasteiger partial charge in [0.05, 0.1) is 12.3 Å². The fourth-order valence-corrected chi connectivity index (χ4v) is 1.34. The Hall–Kier alpha value is -0.600. The summed E-state index contributed by atoms with van der Waals surface area (Å²) in [5, 5.41) is 0.715. The molecule has 1 aromatic heterocycles. The van der Waals surface area contributed by atoms with Gasteiger partial charge in [-0.25, -0.2) is 0 Å². The number of hydrogen-bond acceptors (Lipinski definition) is 2. The minimum absolute atomic E-state index is 0.560. The van der Waals surface area contributed by atoms with Gasteiger partial charge in [0.15, 0.2) is 0 Å². The minimum Gasteiger partial charge on any atom is -0.375 e. The first-order valence-electron chi connectivity index (χ1n) is 5.01. The summed E-state index contributed by atoms with van der Waals surface area (Å²) in [6.45, 7) is 3.55. The lowest BCUT2D eigenvalue weighted by Crippen LogP contribution is -1.97. The molecule has 0 atom stereocenters. The lowest BCUT2D eigenvalue weighted by molar-refractivity contribution is 0.114. The van der Waals surface area contributed by atoms with Gasteiger partial charge in [-0.3, -0.25) is 4.98 Å². The topological polar surface area (TPSA) is 22.1 Å². The van der Waals surface area contributed by atoms with Gasteiger partial charge in [0.1, 0.15) is 0 Å². The van der Waals surface area contributed by atoms with E-state index in [4.69, 9.17) is 16.3 Å². The molecule has 0 radical (unpaired) electrons. The molecular formula is C11H16ClNO. The van der Waals surface area contributed by atoms with E-state index in [-0.39, 0.29) is 0 Å². The maximum atomic E-state index is 5.81. The second kappa shape index (κ2) is 6.80. The van der Waals surface area contributed by atoms with Crippen LogP contribution in [0.4, 0.5) is 0 Å². The fourth-order valence-electron chi connectivity index (χ4n) is 1.16. The number of pyridine rings is 1. The van der Waals surface area contributed by atoms with Crippen molar-refractivity contribution in [2.24, 2.45) is 0 Å². The third-order valence-electron chi connectivity index (χ3n) is 1.92. The highest BCUT2D eigenvalue weighted by molar-refractivity contribution is 6.30. The van der Waals surface area contributed by atoms with Crippen molar-refractivity contribution in [2.45, 2.75) is 32.8 Å². The molecule has 0 aliphatic heterocycles. The van der Waals surface area contributed by atoms with Crippen molar-refractivity contribution in [1.82, 2.24) is 4.98 Å². The molecule has 1 heterocycles. The molecule has 1 aromatic rings. The zero-order valence-electron chi connectivity index (χ0n) is 8.50. The minimum atomic E-state index is 0.560. The Bertz CT molecular complexity index is 265. The second-order valence-electron chi connectivity index (χ2n) is 3.23. The van der Waals surface area contributed by atoms with Gasteiger partial charge in [-0.1, -0.05) is 31.4 Å². The SMILES string of the molecule is CCCCCOCc1cc(Cl)ccn1. The lowest BCUT2D eigenvalue weighted by Gasteiger charge is -2.03. The van der Waals surface area contributed by atoms with Crippen LogP contribution in [0.1, 0.15) is 31.9 Å². The zero-order chi connectivity index (χ0) is 10.2. The van der Waals surface area contributed by atoms with Crippen molar-refractivity contribution in [3.8, 4) is 0 Å². The molecule has 0 N–H and O–H groups in total. The molecule has 0 fully saturated rings. The molecule has 14 heavy (non-hydrogen) atoms. The summed E-state index contributed by atoms with van der Waals surface area (Å²) in [4.78, 5) is 4.15. The van der Waals surface area contributed by atoms with Crippen LogP contribution in [-0.4, -0.2) is 11.6 Å². The van der Waals surface area contributed by atoms with E-state index < -0.39 is 0 Å². The predicted octanol–water partition coefficient (Wildman–Crippen LogP) is 3.44. The normalized spacial score (nSPS) is 10.4. The Labute approximate surface area is 90.3 Å². The highest BCUT2D eigenvalue weighted by Crippen LogP contribution is 2.08. The van der Waals surface area contributed by atoms with Crippen LogP contribution in [0.25, 0.3) is 0 Å². The zero-order valence-corrected chi connectivity index (χ0v) is 9.26. The Morgan fingerprint density at radius 1 is 1.43 bits per heavy atom. The largest absolute Gasteiger partial charge is 0.375 e. The van der Waals surface area contributed by atoms with Crippen molar-refractivity contribution in [3.05, 3.63) is 29.0 Å². The molecule has 0 saturated heterocycles. The molecule has 0 aromatic carbocycles. The van der Waals surface area contributed by atoms with Crippen LogP contribution < -0.4 is 0 Å².